The summed E-state index contributed by atoms with van der Waals surface area (Å²) in [6.45, 7) is 0. The van der Waals surface area contributed by atoms with Gasteiger partial charge in [-0.15, -0.1) is 0 Å². The van der Waals surface area contributed by atoms with Gasteiger partial charge >= 0.3 is 0 Å². The van der Waals surface area contributed by atoms with Gasteiger partial charge in [0.25, 0.3) is 5.91 Å². The first-order chi connectivity index (χ1) is 11.6. The molecule has 0 aliphatic heterocycles. The van der Waals surface area contributed by atoms with E-state index in [0.29, 0.717) is 22.7 Å². The molecule has 3 rings (SSSR count). The van der Waals surface area contributed by atoms with Gasteiger partial charge in [0.15, 0.2) is 5.75 Å². The number of phenolic OH excluding ortho intramolecular Hbond substituents is 1. The number of fused-ring (bicyclic) bond motifs is 1. The van der Waals surface area contributed by atoms with Gasteiger partial charge in [-0.2, -0.15) is 0 Å². The molecule has 0 radical (unpaired) electrons. The fraction of sp³-hybridized carbons (Fsp3) is 0.111. The summed E-state index contributed by atoms with van der Waals surface area (Å²) in [6.07, 6.45) is 1.57. The van der Waals surface area contributed by atoms with Crippen LogP contribution in [0.25, 0.3) is 10.9 Å². The largest absolute Gasteiger partial charge is 0.505 e. The van der Waals surface area contributed by atoms with Crippen LogP contribution in [0.4, 0.5) is 5.69 Å². The van der Waals surface area contributed by atoms with Crippen molar-refractivity contribution in [3.63, 3.8) is 0 Å². The predicted octanol–water partition coefficient (Wildman–Crippen LogP) is 3.21. The van der Waals surface area contributed by atoms with Crippen LogP contribution >= 0.6 is 0 Å². The fourth-order valence-corrected chi connectivity index (χ4v) is 2.39. The first-order valence-corrected chi connectivity index (χ1v) is 7.23. The molecule has 0 aliphatic carbocycles. The molecule has 24 heavy (non-hydrogen) atoms. The average Bonchev–Trinajstić information content (AvgIpc) is 2.61. The Morgan fingerprint density at radius 3 is 2.46 bits per heavy atom. The van der Waals surface area contributed by atoms with Crippen molar-refractivity contribution in [1.29, 1.82) is 0 Å². The van der Waals surface area contributed by atoms with Crippen LogP contribution in [0.3, 0.4) is 0 Å². The first kappa shape index (κ1) is 15.6. The Kier molecular flexibility index (Phi) is 4.20. The van der Waals surface area contributed by atoms with Gasteiger partial charge in [-0.05, 0) is 12.1 Å². The van der Waals surface area contributed by atoms with Crippen LogP contribution in [-0.2, 0) is 0 Å². The van der Waals surface area contributed by atoms with Gasteiger partial charge in [0, 0.05) is 35.5 Å². The number of anilines is 1. The molecule has 0 unspecified atom stereocenters. The number of amides is 1. The van der Waals surface area contributed by atoms with E-state index < -0.39 is 5.91 Å². The second-order valence-electron chi connectivity index (χ2n) is 5.09. The van der Waals surface area contributed by atoms with Crippen LogP contribution < -0.4 is 14.8 Å². The number of carbonyl (C=O) groups excluding carboxylic acids is 1. The summed E-state index contributed by atoms with van der Waals surface area (Å²) in [5, 5.41) is 13.8. The lowest BCUT2D eigenvalue weighted by Crippen LogP contribution is -2.12. The van der Waals surface area contributed by atoms with Crippen molar-refractivity contribution in [2.24, 2.45) is 0 Å². The second-order valence-corrected chi connectivity index (χ2v) is 5.09. The van der Waals surface area contributed by atoms with Gasteiger partial charge in [-0.1, -0.05) is 12.1 Å². The highest BCUT2D eigenvalue weighted by Crippen LogP contribution is 2.29. The normalized spacial score (nSPS) is 10.4. The van der Waals surface area contributed by atoms with E-state index in [1.54, 1.807) is 42.6 Å². The number of hydrogen-bond acceptors (Lipinski definition) is 5. The van der Waals surface area contributed by atoms with Crippen LogP contribution in [0.15, 0.2) is 48.7 Å². The summed E-state index contributed by atoms with van der Waals surface area (Å²) in [6, 6.07) is 11.9. The van der Waals surface area contributed by atoms with E-state index in [9.17, 15) is 9.90 Å². The number of phenols is 1. The minimum Gasteiger partial charge on any atom is -0.505 e. The maximum atomic E-state index is 12.5. The zero-order valence-corrected chi connectivity index (χ0v) is 13.2. The maximum Gasteiger partial charge on any atom is 0.259 e. The molecule has 3 aromatic rings. The molecule has 2 N–H and O–H groups in total. The predicted molar refractivity (Wildman–Crippen MR) is 90.9 cm³/mol. The molecular weight excluding hydrogens is 308 g/mol. The van der Waals surface area contributed by atoms with Crippen molar-refractivity contribution in [1.82, 2.24) is 4.98 Å². The second kappa shape index (κ2) is 6.45. The molecule has 2 aromatic carbocycles. The van der Waals surface area contributed by atoms with Gasteiger partial charge in [0.05, 0.1) is 19.8 Å². The Hall–Kier alpha value is -3.28. The van der Waals surface area contributed by atoms with Crippen molar-refractivity contribution in [2.45, 2.75) is 0 Å². The quantitative estimate of drug-likeness (QED) is 0.770. The van der Waals surface area contributed by atoms with Gasteiger partial charge in [-0.25, -0.2) is 0 Å². The highest BCUT2D eigenvalue weighted by atomic mass is 16.5. The van der Waals surface area contributed by atoms with Crippen LogP contribution in [-0.4, -0.2) is 30.2 Å². The van der Waals surface area contributed by atoms with Gasteiger partial charge in [0.1, 0.15) is 17.0 Å². The number of ether oxygens (including phenoxy) is 2. The van der Waals surface area contributed by atoms with Crippen molar-refractivity contribution < 1.29 is 19.4 Å². The van der Waals surface area contributed by atoms with Crippen molar-refractivity contribution >= 4 is 22.5 Å². The summed E-state index contributed by atoms with van der Waals surface area (Å²) in [5.41, 5.74) is 1.02. The molecular formula is C18H16N2O4. The SMILES string of the molecule is COc1cc(NC(=O)c2ccc3cccnc3c2O)cc(OC)c1. The van der Waals surface area contributed by atoms with E-state index in [0.717, 1.165) is 5.39 Å². The molecule has 0 fully saturated rings. The monoisotopic (exact) mass is 324 g/mol. The maximum absolute atomic E-state index is 12.5. The van der Waals surface area contributed by atoms with E-state index in [1.165, 1.54) is 14.2 Å². The lowest BCUT2D eigenvalue weighted by Gasteiger charge is -2.11. The molecule has 0 saturated heterocycles. The zero-order chi connectivity index (χ0) is 17.1. The van der Waals surface area contributed by atoms with E-state index in [1.807, 2.05) is 6.07 Å². The summed E-state index contributed by atoms with van der Waals surface area (Å²) >= 11 is 0. The Bertz CT molecular complexity index is 886. The van der Waals surface area contributed by atoms with E-state index in [-0.39, 0.29) is 11.3 Å². The molecule has 0 saturated carbocycles. The summed E-state index contributed by atoms with van der Waals surface area (Å²) in [7, 11) is 3.06. The number of aromatic hydroxyl groups is 1. The Balaban J connectivity index is 1.94. The number of hydrogen-bond donors (Lipinski definition) is 2. The lowest BCUT2D eigenvalue weighted by molar-refractivity contribution is 0.102. The number of pyridine rings is 1. The van der Waals surface area contributed by atoms with E-state index >= 15 is 0 Å². The van der Waals surface area contributed by atoms with Crippen LogP contribution in [0.5, 0.6) is 17.2 Å². The number of aromatic nitrogens is 1. The molecule has 0 bridgehead atoms. The molecule has 1 amide bonds. The van der Waals surface area contributed by atoms with E-state index in [2.05, 4.69) is 10.3 Å². The summed E-state index contributed by atoms with van der Waals surface area (Å²) in [4.78, 5) is 16.6. The molecule has 0 atom stereocenters. The summed E-state index contributed by atoms with van der Waals surface area (Å²) in [5.74, 6) is 0.499. The van der Waals surface area contributed by atoms with Gasteiger partial charge in [-0.3, -0.25) is 9.78 Å². The average molecular weight is 324 g/mol. The third-order valence-electron chi connectivity index (χ3n) is 3.60. The third kappa shape index (κ3) is 2.94. The number of nitrogens with one attached hydrogen (secondary N) is 1. The molecule has 0 aliphatic rings. The number of methoxy groups -OCH3 is 2. The molecule has 1 aromatic heterocycles. The van der Waals surface area contributed by atoms with Crippen molar-refractivity contribution in [3.05, 3.63) is 54.2 Å². The molecule has 1 heterocycles. The van der Waals surface area contributed by atoms with E-state index in [4.69, 9.17) is 9.47 Å². The molecule has 122 valence electrons. The zero-order valence-electron chi connectivity index (χ0n) is 13.2. The van der Waals surface area contributed by atoms with Crippen LogP contribution in [0.2, 0.25) is 0 Å². The van der Waals surface area contributed by atoms with Crippen LogP contribution in [0, 0.1) is 0 Å². The standard InChI is InChI=1S/C18H16N2O4/c1-23-13-8-12(9-14(10-13)24-2)20-18(22)15-6-5-11-4-3-7-19-16(11)17(15)21/h3-10,21H,1-2H3,(H,20,22). The summed E-state index contributed by atoms with van der Waals surface area (Å²) < 4.78 is 10.4. The van der Waals surface area contributed by atoms with Gasteiger partial charge < -0.3 is 19.9 Å². The minimum atomic E-state index is -0.449. The smallest absolute Gasteiger partial charge is 0.259 e. The topological polar surface area (TPSA) is 80.7 Å². The Morgan fingerprint density at radius 1 is 1.08 bits per heavy atom. The highest BCUT2D eigenvalue weighted by molar-refractivity contribution is 6.09. The minimum absolute atomic E-state index is 0.142. The first-order valence-electron chi connectivity index (χ1n) is 7.23. The highest BCUT2D eigenvalue weighted by Gasteiger charge is 2.15. The number of carbonyl (C=O) groups is 1. The fourth-order valence-electron chi connectivity index (χ4n) is 2.39. The Labute approximate surface area is 138 Å². The number of rotatable bonds is 4. The van der Waals surface area contributed by atoms with Gasteiger partial charge in [0.2, 0.25) is 0 Å². The van der Waals surface area contributed by atoms with Crippen molar-refractivity contribution in [3.8, 4) is 17.2 Å². The molecule has 6 nitrogen and oxygen atoms in total. The number of benzene rings is 2. The molecule has 0 spiro atoms. The molecule has 6 heteroatoms. The Morgan fingerprint density at radius 2 is 1.79 bits per heavy atom. The van der Waals surface area contributed by atoms with Crippen molar-refractivity contribution in [2.75, 3.05) is 19.5 Å². The lowest BCUT2D eigenvalue weighted by atomic mass is 10.1. The van der Waals surface area contributed by atoms with Crippen LogP contribution in [0.1, 0.15) is 10.4 Å². The third-order valence-corrected chi connectivity index (χ3v) is 3.60. The number of nitrogens with zero attached hydrogens (tertiary/aromatic N) is 1.